The lowest BCUT2D eigenvalue weighted by atomic mass is 10.0. The Bertz CT molecular complexity index is 766. The van der Waals surface area contributed by atoms with Crippen molar-refractivity contribution in [3.05, 3.63) is 29.8 Å². The summed E-state index contributed by atoms with van der Waals surface area (Å²) in [5, 5.41) is 0. The lowest BCUT2D eigenvalue weighted by Crippen LogP contribution is -2.43. The predicted octanol–water partition coefficient (Wildman–Crippen LogP) is 2.53. The van der Waals surface area contributed by atoms with Gasteiger partial charge in [0.25, 0.3) is 0 Å². The molecule has 0 saturated carbocycles. The summed E-state index contributed by atoms with van der Waals surface area (Å²) >= 11 is 0. The molecule has 0 aromatic heterocycles. The summed E-state index contributed by atoms with van der Waals surface area (Å²) < 4.78 is 43.2. The molecule has 1 atom stereocenters. The molecule has 10 heteroatoms. The van der Waals surface area contributed by atoms with E-state index in [4.69, 9.17) is 4.74 Å². The Morgan fingerprint density at radius 2 is 1.71 bits per heavy atom. The molecule has 28 heavy (non-hydrogen) atoms. The van der Waals surface area contributed by atoms with Crippen molar-refractivity contribution in [1.29, 1.82) is 0 Å². The Balaban J connectivity index is 1.72. The second-order valence-corrected chi connectivity index (χ2v) is 6.64. The van der Waals surface area contributed by atoms with Crippen LogP contribution in [0.2, 0.25) is 0 Å². The monoisotopic (exact) mass is 399 g/mol. The normalized spacial score (nSPS) is 21.1. The highest BCUT2D eigenvalue weighted by Crippen LogP contribution is 2.33. The van der Waals surface area contributed by atoms with Crippen LogP contribution in [0.4, 0.5) is 18.0 Å². The first-order valence-corrected chi connectivity index (χ1v) is 8.92. The highest BCUT2D eigenvalue weighted by atomic mass is 19.4. The van der Waals surface area contributed by atoms with Crippen molar-refractivity contribution in [2.75, 3.05) is 26.4 Å². The predicted molar refractivity (Wildman–Crippen MR) is 91.2 cm³/mol. The Hall–Kier alpha value is -2.62. The van der Waals surface area contributed by atoms with Crippen LogP contribution in [0.5, 0.6) is 5.75 Å². The third-order valence-corrected chi connectivity index (χ3v) is 4.74. The summed E-state index contributed by atoms with van der Waals surface area (Å²) in [6, 6.07) is 6.05. The van der Waals surface area contributed by atoms with Crippen molar-refractivity contribution >= 4 is 17.8 Å². The number of ether oxygens (including phenoxy) is 1. The molecule has 0 aliphatic carbocycles. The van der Waals surface area contributed by atoms with Gasteiger partial charge >= 0.3 is 24.0 Å². The zero-order chi connectivity index (χ0) is 20.5. The van der Waals surface area contributed by atoms with E-state index in [1.165, 1.54) is 0 Å². The maximum atomic E-state index is 12.6. The molecular formula is C18H20F3N3O4. The van der Waals surface area contributed by atoms with E-state index < -0.39 is 30.6 Å². The number of urea groups is 1. The molecule has 0 radical (unpaired) electrons. The molecule has 3 rings (SSSR count). The number of hydrogen-bond acceptors (Lipinski definition) is 5. The number of imide groups is 2. The molecule has 2 heterocycles. The Labute approximate surface area is 159 Å². The van der Waals surface area contributed by atoms with Crippen LogP contribution in [0.25, 0.3) is 0 Å². The molecule has 0 N–H and O–H groups in total. The Morgan fingerprint density at radius 3 is 2.32 bits per heavy atom. The summed E-state index contributed by atoms with van der Waals surface area (Å²) in [6.45, 7) is 0.976. The maximum Gasteiger partial charge on any atom is 0.406 e. The summed E-state index contributed by atoms with van der Waals surface area (Å²) in [7, 11) is 0. The van der Waals surface area contributed by atoms with Gasteiger partial charge in [-0.3, -0.25) is 14.5 Å². The fourth-order valence-electron chi connectivity index (χ4n) is 3.50. The molecule has 152 valence electrons. The van der Waals surface area contributed by atoms with E-state index in [2.05, 4.69) is 0 Å². The van der Waals surface area contributed by atoms with Crippen molar-refractivity contribution in [2.24, 2.45) is 0 Å². The van der Waals surface area contributed by atoms with Crippen LogP contribution in [-0.4, -0.2) is 65.1 Å². The number of halogens is 3. The minimum atomic E-state index is -4.76. The third-order valence-electron chi connectivity index (χ3n) is 4.74. The average molecular weight is 399 g/mol. The number of carbonyl (C=O) groups is 3. The van der Waals surface area contributed by atoms with Gasteiger partial charge in [0.15, 0.2) is 0 Å². The molecular weight excluding hydrogens is 379 g/mol. The first kappa shape index (κ1) is 20.1. The van der Waals surface area contributed by atoms with Crippen LogP contribution in [-0.2, 0) is 9.59 Å². The first-order valence-electron chi connectivity index (χ1n) is 8.92. The van der Waals surface area contributed by atoms with Gasteiger partial charge in [0.2, 0.25) is 0 Å². The number of likely N-dealkylation sites (tertiary alicyclic amines) is 1. The number of rotatable bonds is 6. The molecule has 7 nitrogen and oxygen atoms in total. The minimum absolute atomic E-state index is 0.0513. The zero-order valence-corrected chi connectivity index (χ0v) is 15.2. The number of hydrogen-bond donors (Lipinski definition) is 0. The van der Waals surface area contributed by atoms with Gasteiger partial charge < -0.3 is 4.74 Å². The van der Waals surface area contributed by atoms with Crippen LogP contribution in [0, 0.1) is 0 Å². The lowest BCUT2D eigenvalue weighted by Gasteiger charge is -2.28. The van der Waals surface area contributed by atoms with Gasteiger partial charge in [-0.15, -0.1) is 0 Å². The lowest BCUT2D eigenvalue weighted by molar-refractivity contribution is -0.156. The van der Waals surface area contributed by atoms with E-state index in [-0.39, 0.29) is 17.6 Å². The highest BCUT2D eigenvalue weighted by Gasteiger charge is 2.49. The van der Waals surface area contributed by atoms with E-state index >= 15 is 0 Å². The highest BCUT2D eigenvalue weighted by molar-refractivity contribution is 6.44. The molecule has 2 fully saturated rings. The van der Waals surface area contributed by atoms with Gasteiger partial charge in [0.1, 0.15) is 12.3 Å². The van der Waals surface area contributed by atoms with Crippen LogP contribution in [0.1, 0.15) is 31.4 Å². The van der Waals surface area contributed by atoms with Gasteiger partial charge in [-0.2, -0.15) is 13.2 Å². The molecule has 4 amide bonds. The zero-order valence-electron chi connectivity index (χ0n) is 15.2. The van der Waals surface area contributed by atoms with Crippen molar-refractivity contribution in [1.82, 2.24) is 14.7 Å². The van der Waals surface area contributed by atoms with Gasteiger partial charge in [-0.05, 0) is 37.5 Å². The molecule has 1 aromatic rings. The van der Waals surface area contributed by atoms with E-state index in [1.54, 1.807) is 0 Å². The number of carbonyl (C=O) groups excluding carboxylic acids is 3. The van der Waals surface area contributed by atoms with Crippen molar-refractivity contribution in [3.8, 4) is 5.75 Å². The summed E-state index contributed by atoms with van der Waals surface area (Å²) in [5.41, 5.74) is 0.943. The first-order chi connectivity index (χ1) is 13.2. The van der Waals surface area contributed by atoms with Crippen LogP contribution in [0.15, 0.2) is 24.3 Å². The van der Waals surface area contributed by atoms with Crippen molar-refractivity contribution < 1.29 is 32.3 Å². The second-order valence-electron chi connectivity index (χ2n) is 6.64. The number of alkyl halides is 3. The average Bonchev–Trinajstić information content (AvgIpc) is 3.17. The minimum Gasteiger partial charge on any atom is -0.494 e. The molecule has 0 spiro atoms. The molecule has 2 aliphatic rings. The summed E-state index contributed by atoms with van der Waals surface area (Å²) in [4.78, 5) is 38.4. The topological polar surface area (TPSA) is 70.2 Å². The molecule has 1 aromatic carbocycles. The van der Waals surface area contributed by atoms with Gasteiger partial charge in [0.05, 0.1) is 13.3 Å². The third kappa shape index (κ3) is 4.11. The van der Waals surface area contributed by atoms with Crippen molar-refractivity contribution in [2.45, 2.75) is 32.0 Å². The maximum absolute atomic E-state index is 12.6. The number of amides is 4. The smallest absolute Gasteiger partial charge is 0.406 e. The molecule has 2 saturated heterocycles. The molecule has 0 bridgehead atoms. The van der Waals surface area contributed by atoms with Gasteiger partial charge in [-0.25, -0.2) is 14.6 Å². The second kappa shape index (κ2) is 7.78. The quantitative estimate of drug-likeness (QED) is 0.543. The van der Waals surface area contributed by atoms with Crippen LogP contribution in [0.3, 0.4) is 0 Å². The van der Waals surface area contributed by atoms with Crippen LogP contribution >= 0.6 is 0 Å². The van der Waals surface area contributed by atoms with Crippen LogP contribution < -0.4 is 4.74 Å². The van der Waals surface area contributed by atoms with E-state index in [1.807, 2.05) is 36.1 Å². The van der Waals surface area contributed by atoms with E-state index in [0.717, 1.165) is 18.4 Å². The Kier molecular flexibility index (Phi) is 5.59. The number of benzene rings is 1. The number of nitrogens with zero attached hydrogens (tertiary/aromatic N) is 3. The largest absolute Gasteiger partial charge is 0.494 e. The van der Waals surface area contributed by atoms with Crippen molar-refractivity contribution in [3.63, 3.8) is 0 Å². The van der Waals surface area contributed by atoms with E-state index in [0.29, 0.717) is 23.8 Å². The summed E-state index contributed by atoms with van der Waals surface area (Å²) in [6.07, 6.45) is -3.20. The fourth-order valence-corrected chi connectivity index (χ4v) is 3.50. The SMILES string of the molecule is CCOc1ccc([C@@H]2CCCN2CN2C(=O)C(=O)N(CC(F)(F)F)C2=O)cc1. The van der Waals surface area contributed by atoms with Gasteiger partial charge in [0, 0.05) is 12.6 Å². The van der Waals surface area contributed by atoms with E-state index in [9.17, 15) is 27.6 Å². The fraction of sp³-hybridized carbons (Fsp3) is 0.500. The Morgan fingerprint density at radius 1 is 1.07 bits per heavy atom. The molecule has 0 unspecified atom stereocenters. The summed E-state index contributed by atoms with van der Waals surface area (Å²) in [5.74, 6) is -1.96. The standard InChI is InChI=1S/C18H20F3N3O4/c1-2-28-13-7-5-12(6-8-13)14-4-3-9-22(14)11-24-16(26)15(25)23(17(24)27)10-18(19,20)21/h5-8,14H,2-4,9-11H2,1H3/t14-/m0/s1. The van der Waals surface area contributed by atoms with Gasteiger partial charge in [-0.1, -0.05) is 12.1 Å². The molecule has 2 aliphatic heterocycles.